The number of ether oxygens (including phenoxy) is 3. The standard InChI is InChI=1S/C24H37N5O7/c1-5-34-21(32)18(29-23(33)36-15-24(2,3)4)14-28-20(31)17-8-7-16(13-19(17)30)35-12-11-27-22-25-9-6-10-26-22/h7-8,13,18,30H,5-6,9-12,14-15H2,1-4H3,(H,28,31)(H,29,33)(H2,25,26,27)/t18-/m0/s1. The number of rotatable bonds is 11. The molecule has 0 fully saturated rings. The van der Waals surface area contributed by atoms with Gasteiger partial charge in [-0.1, -0.05) is 20.8 Å². The van der Waals surface area contributed by atoms with E-state index < -0.39 is 24.0 Å². The molecule has 36 heavy (non-hydrogen) atoms. The molecule has 0 unspecified atom stereocenters. The summed E-state index contributed by atoms with van der Waals surface area (Å²) in [5.74, 6) is -0.529. The van der Waals surface area contributed by atoms with Crippen LogP contribution in [0.1, 0.15) is 44.5 Å². The smallest absolute Gasteiger partial charge is 0.407 e. The highest BCUT2D eigenvalue weighted by Crippen LogP contribution is 2.23. The first-order chi connectivity index (χ1) is 17.1. The van der Waals surface area contributed by atoms with Gasteiger partial charge in [0, 0.05) is 25.7 Å². The third-order valence-electron chi connectivity index (χ3n) is 4.74. The van der Waals surface area contributed by atoms with Crippen LogP contribution >= 0.6 is 0 Å². The van der Waals surface area contributed by atoms with Gasteiger partial charge in [0.2, 0.25) is 0 Å². The Hall–Kier alpha value is -3.70. The molecule has 200 valence electrons. The van der Waals surface area contributed by atoms with Gasteiger partial charge in [-0.2, -0.15) is 0 Å². The maximum atomic E-state index is 12.6. The van der Waals surface area contributed by atoms with E-state index in [4.69, 9.17) is 14.2 Å². The van der Waals surface area contributed by atoms with Crippen LogP contribution in [-0.2, 0) is 14.3 Å². The molecule has 0 spiro atoms. The SMILES string of the molecule is CCOC(=O)[C@H](CNC(=O)c1ccc(OCCNC2=NCCCN2)cc1O)NC(=O)OCC(C)(C)C. The van der Waals surface area contributed by atoms with Gasteiger partial charge in [-0.25, -0.2) is 9.59 Å². The van der Waals surface area contributed by atoms with Gasteiger partial charge in [-0.15, -0.1) is 0 Å². The minimum Gasteiger partial charge on any atom is -0.507 e. The van der Waals surface area contributed by atoms with E-state index in [0.29, 0.717) is 18.9 Å². The van der Waals surface area contributed by atoms with Gasteiger partial charge in [-0.05, 0) is 30.9 Å². The molecule has 5 N–H and O–H groups in total. The molecule has 2 amide bonds. The van der Waals surface area contributed by atoms with E-state index in [9.17, 15) is 19.5 Å². The Balaban J connectivity index is 1.87. The van der Waals surface area contributed by atoms with E-state index in [1.54, 1.807) is 13.0 Å². The molecule has 0 saturated heterocycles. The van der Waals surface area contributed by atoms with Gasteiger partial charge in [0.1, 0.15) is 24.1 Å². The van der Waals surface area contributed by atoms with Crippen LogP contribution in [-0.4, -0.2) is 81.1 Å². The zero-order valence-electron chi connectivity index (χ0n) is 21.3. The van der Waals surface area contributed by atoms with Crippen LogP contribution in [0.5, 0.6) is 11.5 Å². The van der Waals surface area contributed by atoms with Crippen LogP contribution in [0.4, 0.5) is 4.79 Å². The number of carbonyl (C=O) groups excluding carboxylic acids is 3. The van der Waals surface area contributed by atoms with Crippen molar-refractivity contribution in [3.05, 3.63) is 23.8 Å². The van der Waals surface area contributed by atoms with E-state index in [0.717, 1.165) is 25.5 Å². The van der Waals surface area contributed by atoms with Crippen molar-refractivity contribution in [3.63, 3.8) is 0 Å². The molecule has 0 saturated carbocycles. The van der Waals surface area contributed by atoms with Crippen LogP contribution in [0.15, 0.2) is 23.2 Å². The number of esters is 1. The Morgan fingerprint density at radius 3 is 2.64 bits per heavy atom. The van der Waals surface area contributed by atoms with Gasteiger partial charge in [0.05, 0.1) is 25.3 Å². The second-order valence-corrected chi connectivity index (χ2v) is 9.26. The van der Waals surface area contributed by atoms with Gasteiger partial charge in [0.25, 0.3) is 5.91 Å². The summed E-state index contributed by atoms with van der Waals surface area (Å²) in [5.41, 5.74) is -0.268. The number of hydrogen-bond donors (Lipinski definition) is 5. The Kier molecular flexibility index (Phi) is 11.1. The Labute approximate surface area is 211 Å². The van der Waals surface area contributed by atoms with Crippen LogP contribution in [0, 0.1) is 5.41 Å². The Bertz CT molecular complexity index is 930. The number of phenols is 1. The minimum atomic E-state index is -1.16. The summed E-state index contributed by atoms with van der Waals surface area (Å²) in [6.07, 6.45) is 0.201. The molecule has 1 heterocycles. The highest BCUT2D eigenvalue weighted by atomic mass is 16.6. The molecule has 12 heteroatoms. The summed E-state index contributed by atoms with van der Waals surface area (Å²) in [5, 5.41) is 21.5. The van der Waals surface area contributed by atoms with Gasteiger partial charge < -0.3 is 40.6 Å². The lowest BCUT2D eigenvalue weighted by atomic mass is 9.99. The third-order valence-corrected chi connectivity index (χ3v) is 4.74. The van der Waals surface area contributed by atoms with Crippen molar-refractivity contribution >= 4 is 23.9 Å². The van der Waals surface area contributed by atoms with Crippen molar-refractivity contribution in [1.29, 1.82) is 0 Å². The fourth-order valence-electron chi connectivity index (χ4n) is 2.97. The van der Waals surface area contributed by atoms with Crippen LogP contribution < -0.4 is 26.0 Å². The molecular weight excluding hydrogens is 470 g/mol. The number of amides is 2. The molecule has 2 rings (SSSR count). The summed E-state index contributed by atoms with van der Waals surface area (Å²) < 4.78 is 15.7. The first-order valence-corrected chi connectivity index (χ1v) is 11.9. The molecule has 1 aliphatic rings. The highest BCUT2D eigenvalue weighted by molar-refractivity contribution is 5.97. The lowest BCUT2D eigenvalue weighted by molar-refractivity contribution is -0.145. The number of aliphatic imine (C=N–C) groups is 1. The predicted molar refractivity (Wildman–Crippen MR) is 133 cm³/mol. The fourth-order valence-corrected chi connectivity index (χ4v) is 2.97. The average molecular weight is 508 g/mol. The molecule has 1 aliphatic heterocycles. The molecule has 1 atom stereocenters. The van der Waals surface area contributed by atoms with Crippen molar-refractivity contribution in [3.8, 4) is 11.5 Å². The lowest BCUT2D eigenvalue weighted by Crippen LogP contribution is -2.49. The van der Waals surface area contributed by atoms with E-state index in [1.165, 1.54) is 12.1 Å². The third kappa shape index (κ3) is 10.3. The summed E-state index contributed by atoms with van der Waals surface area (Å²) in [7, 11) is 0. The van der Waals surface area contributed by atoms with Crippen molar-refractivity contribution < 1.29 is 33.7 Å². The van der Waals surface area contributed by atoms with Gasteiger partial charge in [0.15, 0.2) is 5.96 Å². The maximum Gasteiger partial charge on any atom is 0.407 e. The molecule has 0 aromatic heterocycles. The molecule has 1 aromatic carbocycles. The number of alkyl carbamates (subject to hydrolysis) is 1. The number of carbonyl (C=O) groups is 3. The fraction of sp³-hybridized carbons (Fsp3) is 0.583. The highest BCUT2D eigenvalue weighted by Gasteiger charge is 2.25. The number of benzene rings is 1. The number of phenolic OH excluding ortho intramolecular Hbond substituents is 1. The first kappa shape index (κ1) is 28.5. The van der Waals surface area contributed by atoms with Crippen LogP contribution in [0.25, 0.3) is 0 Å². The quantitative estimate of drug-likeness (QED) is 0.219. The monoisotopic (exact) mass is 507 g/mol. The number of hydrogen-bond acceptors (Lipinski definition) is 10. The van der Waals surface area contributed by atoms with Crippen LogP contribution in [0.3, 0.4) is 0 Å². The summed E-state index contributed by atoms with van der Waals surface area (Å²) >= 11 is 0. The largest absolute Gasteiger partial charge is 0.507 e. The van der Waals surface area contributed by atoms with Gasteiger partial charge in [-0.3, -0.25) is 9.79 Å². The normalized spacial score (nSPS) is 13.9. The van der Waals surface area contributed by atoms with Crippen molar-refractivity contribution in [2.75, 3.05) is 46.0 Å². The average Bonchev–Trinajstić information content (AvgIpc) is 2.83. The Morgan fingerprint density at radius 2 is 2.00 bits per heavy atom. The molecule has 0 aliphatic carbocycles. The van der Waals surface area contributed by atoms with E-state index in [2.05, 4.69) is 26.3 Å². The van der Waals surface area contributed by atoms with Crippen molar-refractivity contribution in [1.82, 2.24) is 21.3 Å². The zero-order valence-corrected chi connectivity index (χ0v) is 21.3. The topological polar surface area (TPSA) is 160 Å². The summed E-state index contributed by atoms with van der Waals surface area (Å²) in [6.45, 7) is 9.80. The molecule has 0 bridgehead atoms. The number of nitrogens with one attached hydrogen (secondary N) is 4. The minimum absolute atomic E-state index is 0.0147. The van der Waals surface area contributed by atoms with E-state index >= 15 is 0 Å². The van der Waals surface area contributed by atoms with Crippen molar-refractivity contribution in [2.45, 2.75) is 40.2 Å². The second-order valence-electron chi connectivity index (χ2n) is 9.26. The van der Waals surface area contributed by atoms with Crippen molar-refractivity contribution in [2.24, 2.45) is 10.4 Å². The van der Waals surface area contributed by atoms with E-state index in [1.807, 2.05) is 20.8 Å². The van der Waals surface area contributed by atoms with Gasteiger partial charge >= 0.3 is 12.1 Å². The molecule has 12 nitrogen and oxygen atoms in total. The summed E-state index contributed by atoms with van der Waals surface area (Å²) in [4.78, 5) is 41.2. The predicted octanol–water partition coefficient (Wildman–Crippen LogP) is 1.14. The van der Waals surface area contributed by atoms with E-state index in [-0.39, 0.29) is 36.5 Å². The second kappa shape index (κ2) is 14.0. The lowest BCUT2D eigenvalue weighted by Gasteiger charge is -2.21. The zero-order chi connectivity index (χ0) is 26.6. The Morgan fingerprint density at radius 1 is 1.22 bits per heavy atom. The molecule has 1 aromatic rings. The van der Waals surface area contributed by atoms with Crippen LogP contribution in [0.2, 0.25) is 0 Å². The number of nitrogens with zero attached hydrogens (tertiary/aromatic N) is 1. The molecular formula is C24H37N5O7. The first-order valence-electron chi connectivity index (χ1n) is 11.9. The number of aromatic hydroxyl groups is 1. The number of guanidine groups is 1. The maximum absolute atomic E-state index is 12.6. The summed E-state index contributed by atoms with van der Waals surface area (Å²) in [6, 6.07) is 3.12. The molecule has 0 radical (unpaired) electrons.